The highest BCUT2D eigenvalue weighted by atomic mass is 79.9. The van der Waals surface area contributed by atoms with Crippen LogP contribution >= 0.6 is 15.9 Å². The standard InChI is InChI=1S/C22H21BrN4O2/c1-4-15(13-27(2)3)16-7-14(9-21(28)29)8-19(11-16)25-22-24-12-17-10-18(23)5-6-20(17)26-22/h4-8,10-13H,1,9H2,2-3H3,(H,28,29)(H,24,25,26)/b15-13+. The van der Waals surface area contributed by atoms with E-state index in [1.807, 2.05) is 55.5 Å². The van der Waals surface area contributed by atoms with Gasteiger partial charge < -0.3 is 15.3 Å². The first kappa shape index (κ1) is 20.5. The van der Waals surface area contributed by atoms with Crippen molar-refractivity contribution in [3.05, 3.63) is 77.0 Å². The second kappa shape index (κ2) is 8.87. The molecule has 3 aromatic rings. The summed E-state index contributed by atoms with van der Waals surface area (Å²) in [6.07, 6.45) is 5.34. The number of halogens is 1. The molecular weight excluding hydrogens is 432 g/mol. The monoisotopic (exact) mass is 452 g/mol. The molecule has 1 heterocycles. The molecule has 1 aromatic heterocycles. The van der Waals surface area contributed by atoms with Crippen LogP contribution in [0.5, 0.6) is 0 Å². The molecule has 2 aromatic carbocycles. The van der Waals surface area contributed by atoms with Crippen molar-refractivity contribution < 1.29 is 9.90 Å². The summed E-state index contributed by atoms with van der Waals surface area (Å²) in [5.41, 5.74) is 3.94. The van der Waals surface area contributed by atoms with Gasteiger partial charge in [-0.1, -0.05) is 34.7 Å². The molecule has 0 spiro atoms. The molecule has 0 bridgehead atoms. The fraction of sp³-hybridized carbons (Fsp3) is 0.136. The van der Waals surface area contributed by atoms with Crippen molar-refractivity contribution in [2.24, 2.45) is 0 Å². The number of allylic oxidation sites excluding steroid dienone is 2. The zero-order chi connectivity index (χ0) is 21.0. The summed E-state index contributed by atoms with van der Waals surface area (Å²) in [5.74, 6) is -0.452. The summed E-state index contributed by atoms with van der Waals surface area (Å²) >= 11 is 3.44. The molecule has 0 aliphatic heterocycles. The van der Waals surface area contributed by atoms with E-state index in [2.05, 4.69) is 37.8 Å². The summed E-state index contributed by atoms with van der Waals surface area (Å²) in [7, 11) is 3.84. The van der Waals surface area contributed by atoms with E-state index in [0.29, 0.717) is 17.2 Å². The van der Waals surface area contributed by atoms with Gasteiger partial charge in [-0.2, -0.15) is 0 Å². The smallest absolute Gasteiger partial charge is 0.307 e. The molecule has 0 fully saturated rings. The van der Waals surface area contributed by atoms with Gasteiger partial charge in [0.2, 0.25) is 5.95 Å². The molecule has 0 amide bonds. The van der Waals surface area contributed by atoms with Crippen LogP contribution in [0.3, 0.4) is 0 Å². The predicted octanol–water partition coefficient (Wildman–Crippen LogP) is 4.85. The van der Waals surface area contributed by atoms with E-state index < -0.39 is 5.97 Å². The number of carbonyl (C=O) groups is 1. The van der Waals surface area contributed by atoms with Gasteiger partial charge in [-0.3, -0.25) is 4.79 Å². The van der Waals surface area contributed by atoms with Gasteiger partial charge in [0.25, 0.3) is 0 Å². The average Bonchev–Trinajstić information content (AvgIpc) is 2.65. The van der Waals surface area contributed by atoms with Gasteiger partial charge in [-0.15, -0.1) is 0 Å². The van der Waals surface area contributed by atoms with Gasteiger partial charge in [0.1, 0.15) is 0 Å². The lowest BCUT2D eigenvalue weighted by Gasteiger charge is -2.13. The molecule has 3 rings (SSSR count). The van der Waals surface area contributed by atoms with E-state index in [1.54, 1.807) is 18.3 Å². The second-order valence-electron chi connectivity index (χ2n) is 6.76. The van der Waals surface area contributed by atoms with Gasteiger partial charge in [0.15, 0.2) is 0 Å². The van der Waals surface area contributed by atoms with Crippen LogP contribution in [-0.2, 0) is 11.2 Å². The highest BCUT2D eigenvalue weighted by Gasteiger charge is 2.09. The van der Waals surface area contributed by atoms with Crippen LogP contribution in [0, 0.1) is 0 Å². The fourth-order valence-electron chi connectivity index (χ4n) is 2.92. The van der Waals surface area contributed by atoms with Crippen molar-refractivity contribution in [1.29, 1.82) is 0 Å². The maximum atomic E-state index is 11.2. The second-order valence-corrected chi connectivity index (χ2v) is 7.68. The Morgan fingerprint density at radius 1 is 1.28 bits per heavy atom. The SMILES string of the molecule is C=C/C(=C\N(C)C)c1cc(CC(=O)O)cc(Nc2ncc3cc(Br)ccc3n2)c1. The molecule has 0 saturated heterocycles. The van der Waals surface area contributed by atoms with E-state index in [1.165, 1.54) is 0 Å². The molecule has 0 unspecified atom stereocenters. The number of benzene rings is 2. The Morgan fingerprint density at radius 3 is 2.76 bits per heavy atom. The van der Waals surface area contributed by atoms with E-state index in [9.17, 15) is 9.90 Å². The van der Waals surface area contributed by atoms with Crippen LogP contribution in [0.4, 0.5) is 11.6 Å². The number of hydrogen-bond donors (Lipinski definition) is 2. The minimum absolute atomic E-state index is 0.0818. The summed E-state index contributed by atoms with van der Waals surface area (Å²) in [6, 6.07) is 11.4. The van der Waals surface area contributed by atoms with Gasteiger partial charge in [-0.05, 0) is 47.0 Å². The summed E-state index contributed by atoms with van der Waals surface area (Å²) in [6.45, 7) is 3.88. The first-order valence-electron chi connectivity index (χ1n) is 8.90. The molecular formula is C22H21BrN4O2. The van der Waals surface area contributed by atoms with Crippen molar-refractivity contribution >= 4 is 50.0 Å². The Morgan fingerprint density at radius 2 is 2.07 bits per heavy atom. The predicted molar refractivity (Wildman–Crippen MR) is 120 cm³/mol. The van der Waals surface area contributed by atoms with E-state index >= 15 is 0 Å². The van der Waals surface area contributed by atoms with Crippen molar-refractivity contribution in [2.75, 3.05) is 19.4 Å². The van der Waals surface area contributed by atoms with Crippen LogP contribution in [0.15, 0.2) is 65.9 Å². The maximum absolute atomic E-state index is 11.2. The fourth-order valence-corrected chi connectivity index (χ4v) is 3.30. The van der Waals surface area contributed by atoms with Crippen LogP contribution in [0.1, 0.15) is 11.1 Å². The lowest BCUT2D eigenvalue weighted by atomic mass is 10.0. The first-order chi connectivity index (χ1) is 13.8. The van der Waals surface area contributed by atoms with Crippen molar-refractivity contribution in [3.63, 3.8) is 0 Å². The minimum atomic E-state index is -0.891. The van der Waals surface area contributed by atoms with E-state index in [-0.39, 0.29) is 6.42 Å². The third-order valence-corrected chi connectivity index (χ3v) is 4.59. The van der Waals surface area contributed by atoms with Crippen LogP contribution < -0.4 is 5.32 Å². The number of anilines is 2. The number of carboxylic acid groups (broad SMARTS) is 1. The van der Waals surface area contributed by atoms with Crippen LogP contribution in [-0.4, -0.2) is 40.0 Å². The van der Waals surface area contributed by atoms with Crippen molar-refractivity contribution in [2.45, 2.75) is 6.42 Å². The minimum Gasteiger partial charge on any atom is -0.481 e. The molecule has 0 radical (unpaired) electrons. The zero-order valence-corrected chi connectivity index (χ0v) is 17.8. The van der Waals surface area contributed by atoms with Gasteiger partial charge in [0.05, 0.1) is 11.9 Å². The largest absolute Gasteiger partial charge is 0.481 e. The van der Waals surface area contributed by atoms with Gasteiger partial charge in [-0.25, -0.2) is 9.97 Å². The number of nitrogens with one attached hydrogen (secondary N) is 1. The highest BCUT2D eigenvalue weighted by molar-refractivity contribution is 9.10. The van der Waals surface area contributed by atoms with Crippen LogP contribution in [0.25, 0.3) is 16.5 Å². The van der Waals surface area contributed by atoms with E-state index in [4.69, 9.17) is 0 Å². The van der Waals surface area contributed by atoms with Gasteiger partial charge in [0, 0.05) is 42.0 Å². The number of nitrogens with zero attached hydrogens (tertiary/aromatic N) is 3. The van der Waals surface area contributed by atoms with Gasteiger partial charge >= 0.3 is 5.97 Å². The van der Waals surface area contributed by atoms with Crippen molar-refractivity contribution in [3.8, 4) is 0 Å². The number of aromatic nitrogens is 2. The number of hydrogen-bond acceptors (Lipinski definition) is 5. The first-order valence-corrected chi connectivity index (χ1v) is 9.69. The lowest BCUT2D eigenvalue weighted by molar-refractivity contribution is -0.136. The summed E-state index contributed by atoms with van der Waals surface area (Å²) < 4.78 is 0.963. The zero-order valence-electron chi connectivity index (χ0n) is 16.2. The quantitative estimate of drug-likeness (QED) is 0.498. The Labute approximate surface area is 177 Å². The molecule has 0 aliphatic rings. The molecule has 29 heavy (non-hydrogen) atoms. The molecule has 0 saturated carbocycles. The number of aliphatic carboxylic acids is 1. The topological polar surface area (TPSA) is 78.4 Å². The Kier molecular flexibility index (Phi) is 6.29. The van der Waals surface area contributed by atoms with E-state index in [0.717, 1.165) is 26.5 Å². The summed E-state index contributed by atoms with van der Waals surface area (Å²) in [4.78, 5) is 22.1. The number of carboxylic acids is 1. The molecule has 2 N–H and O–H groups in total. The normalized spacial score (nSPS) is 11.3. The number of rotatable bonds is 7. The molecule has 7 heteroatoms. The Balaban J connectivity index is 2.01. The Bertz CT molecular complexity index is 1110. The highest BCUT2D eigenvalue weighted by Crippen LogP contribution is 2.25. The molecule has 148 valence electrons. The lowest BCUT2D eigenvalue weighted by Crippen LogP contribution is -2.05. The average molecular weight is 453 g/mol. The number of fused-ring (bicyclic) bond motifs is 1. The summed E-state index contributed by atoms with van der Waals surface area (Å²) in [5, 5.41) is 13.3. The maximum Gasteiger partial charge on any atom is 0.307 e. The molecule has 0 aliphatic carbocycles. The Hall–Kier alpha value is -3.19. The molecule has 6 nitrogen and oxygen atoms in total. The third-order valence-electron chi connectivity index (χ3n) is 4.10. The van der Waals surface area contributed by atoms with Crippen molar-refractivity contribution in [1.82, 2.24) is 14.9 Å². The third kappa shape index (κ3) is 5.42. The van der Waals surface area contributed by atoms with Crippen LogP contribution in [0.2, 0.25) is 0 Å². The molecule has 0 atom stereocenters.